The number of piperazine rings is 1. The van der Waals surface area contributed by atoms with E-state index < -0.39 is 12.1 Å². The van der Waals surface area contributed by atoms with Crippen LogP contribution in [0.5, 0.6) is 0 Å². The monoisotopic (exact) mass is 275 g/mol. The molecule has 2 heterocycles. The molecule has 0 aromatic carbocycles. The highest BCUT2D eigenvalue weighted by Crippen LogP contribution is 2.29. The van der Waals surface area contributed by atoms with E-state index in [1.165, 1.54) is 0 Å². The number of pyridine rings is 1. The van der Waals surface area contributed by atoms with Gasteiger partial charge >= 0.3 is 0 Å². The van der Waals surface area contributed by atoms with Gasteiger partial charge in [0.2, 0.25) is 11.8 Å². The Kier molecular flexibility index (Phi) is 3.79. The number of nitrogens with zero attached hydrogens (tertiary/aromatic N) is 2. The number of carbonyl (C=O) groups is 2. The Labute approximate surface area is 119 Å². The lowest BCUT2D eigenvalue weighted by Gasteiger charge is -2.44. The van der Waals surface area contributed by atoms with Gasteiger partial charge in [0.1, 0.15) is 12.1 Å². The van der Waals surface area contributed by atoms with Crippen molar-refractivity contribution in [3.63, 3.8) is 0 Å². The number of amides is 2. The number of nitrogens with one attached hydrogen (secondary N) is 1. The third-order valence-electron chi connectivity index (χ3n) is 3.49. The van der Waals surface area contributed by atoms with Crippen molar-refractivity contribution in [2.75, 3.05) is 0 Å². The van der Waals surface area contributed by atoms with E-state index in [0.717, 1.165) is 5.56 Å². The molecule has 1 fully saturated rings. The van der Waals surface area contributed by atoms with Crippen molar-refractivity contribution >= 4 is 11.8 Å². The minimum atomic E-state index is -0.470. The van der Waals surface area contributed by atoms with Crippen LogP contribution in [0, 0.1) is 5.41 Å². The maximum absolute atomic E-state index is 12.4. The van der Waals surface area contributed by atoms with Crippen molar-refractivity contribution in [2.24, 2.45) is 5.41 Å². The molecular formula is C15H21N3O2. The average Bonchev–Trinajstić information content (AvgIpc) is 2.35. The van der Waals surface area contributed by atoms with Crippen LogP contribution in [0.4, 0.5) is 0 Å². The molecule has 0 radical (unpaired) electrons. The van der Waals surface area contributed by atoms with Crippen molar-refractivity contribution in [2.45, 2.75) is 46.3 Å². The van der Waals surface area contributed by atoms with Crippen LogP contribution in [0.15, 0.2) is 24.5 Å². The fraction of sp³-hybridized carbons (Fsp3) is 0.533. The largest absolute Gasteiger partial charge is 0.343 e. The summed E-state index contributed by atoms with van der Waals surface area (Å²) in [6, 6.07) is 2.80. The Morgan fingerprint density at radius 2 is 1.85 bits per heavy atom. The first kappa shape index (κ1) is 14.5. The first-order valence-corrected chi connectivity index (χ1v) is 6.80. The molecular weight excluding hydrogens is 254 g/mol. The van der Waals surface area contributed by atoms with Gasteiger partial charge in [0.25, 0.3) is 0 Å². The maximum Gasteiger partial charge on any atom is 0.245 e. The summed E-state index contributed by atoms with van der Waals surface area (Å²) < 4.78 is 0. The quantitative estimate of drug-likeness (QED) is 0.886. The van der Waals surface area contributed by atoms with Crippen LogP contribution in [-0.2, 0) is 16.1 Å². The third kappa shape index (κ3) is 2.81. The second-order valence-corrected chi connectivity index (χ2v) is 6.32. The Bertz CT molecular complexity index is 508. The summed E-state index contributed by atoms with van der Waals surface area (Å²) >= 11 is 0. The van der Waals surface area contributed by atoms with Gasteiger partial charge in [-0.15, -0.1) is 0 Å². The Morgan fingerprint density at radius 1 is 1.25 bits per heavy atom. The molecule has 1 saturated heterocycles. The molecule has 0 aliphatic carbocycles. The molecule has 20 heavy (non-hydrogen) atoms. The Morgan fingerprint density at radius 3 is 2.40 bits per heavy atom. The summed E-state index contributed by atoms with van der Waals surface area (Å²) in [5, 5.41) is 2.76. The lowest BCUT2D eigenvalue weighted by molar-refractivity contribution is -0.154. The normalized spacial score (nSPS) is 23.7. The topological polar surface area (TPSA) is 62.3 Å². The summed E-state index contributed by atoms with van der Waals surface area (Å²) in [6.07, 6.45) is 3.39. The van der Waals surface area contributed by atoms with E-state index in [2.05, 4.69) is 10.3 Å². The zero-order valence-electron chi connectivity index (χ0n) is 12.4. The van der Waals surface area contributed by atoms with E-state index >= 15 is 0 Å². The summed E-state index contributed by atoms with van der Waals surface area (Å²) in [6.45, 7) is 8.07. The van der Waals surface area contributed by atoms with Crippen molar-refractivity contribution in [3.05, 3.63) is 30.1 Å². The van der Waals surface area contributed by atoms with E-state index in [-0.39, 0.29) is 17.2 Å². The molecule has 1 N–H and O–H groups in total. The summed E-state index contributed by atoms with van der Waals surface area (Å²) in [5.74, 6) is -0.125. The predicted molar refractivity (Wildman–Crippen MR) is 75.6 cm³/mol. The van der Waals surface area contributed by atoms with Crippen LogP contribution < -0.4 is 5.32 Å². The third-order valence-corrected chi connectivity index (χ3v) is 3.49. The Balaban J connectivity index is 2.32. The molecule has 0 bridgehead atoms. The predicted octanol–water partition coefficient (Wildman–Crippen LogP) is 1.34. The minimum absolute atomic E-state index is 0.0404. The van der Waals surface area contributed by atoms with Gasteiger partial charge in [-0.25, -0.2) is 0 Å². The van der Waals surface area contributed by atoms with Crippen LogP contribution in [0.1, 0.15) is 33.3 Å². The van der Waals surface area contributed by atoms with E-state index in [0.29, 0.717) is 6.54 Å². The molecule has 108 valence electrons. The molecule has 1 aromatic heterocycles. The molecule has 5 nitrogen and oxygen atoms in total. The highest BCUT2D eigenvalue weighted by atomic mass is 16.2. The van der Waals surface area contributed by atoms with Crippen LogP contribution in [0.25, 0.3) is 0 Å². The van der Waals surface area contributed by atoms with Crippen LogP contribution >= 0.6 is 0 Å². The van der Waals surface area contributed by atoms with Gasteiger partial charge < -0.3 is 10.2 Å². The van der Waals surface area contributed by atoms with Crippen molar-refractivity contribution in [1.29, 1.82) is 0 Å². The number of hydrogen-bond acceptors (Lipinski definition) is 3. The number of rotatable bonds is 2. The molecule has 2 atom stereocenters. The zero-order chi connectivity index (χ0) is 14.9. The molecule has 0 saturated carbocycles. The van der Waals surface area contributed by atoms with E-state index in [1.807, 2.05) is 32.9 Å². The second kappa shape index (κ2) is 5.23. The van der Waals surface area contributed by atoms with E-state index in [1.54, 1.807) is 24.2 Å². The number of carbonyl (C=O) groups excluding carboxylic acids is 2. The van der Waals surface area contributed by atoms with Gasteiger partial charge in [-0.2, -0.15) is 0 Å². The Hall–Kier alpha value is -1.91. The van der Waals surface area contributed by atoms with Crippen molar-refractivity contribution in [1.82, 2.24) is 15.2 Å². The highest BCUT2D eigenvalue weighted by molar-refractivity contribution is 5.97. The average molecular weight is 275 g/mol. The highest BCUT2D eigenvalue weighted by Gasteiger charge is 2.44. The van der Waals surface area contributed by atoms with E-state index in [9.17, 15) is 9.59 Å². The standard InChI is InChI=1S/C15H21N3O2/c1-10-14(20)18(9-11-5-7-16-8-6-11)12(13(19)17-10)15(2,3)4/h5-8,10,12H,9H2,1-4H3,(H,17,19). The molecule has 5 heteroatoms. The van der Waals surface area contributed by atoms with Gasteiger partial charge in [-0.1, -0.05) is 20.8 Å². The molecule has 2 unspecified atom stereocenters. The summed E-state index contributed by atoms with van der Waals surface area (Å²) in [5.41, 5.74) is 0.664. The van der Waals surface area contributed by atoms with E-state index in [4.69, 9.17) is 0 Å². The fourth-order valence-corrected chi connectivity index (χ4v) is 2.59. The lowest BCUT2D eigenvalue weighted by atomic mass is 9.83. The first-order chi connectivity index (χ1) is 9.30. The van der Waals surface area contributed by atoms with Gasteiger partial charge in [-0.3, -0.25) is 14.6 Å². The molecule has 1 aromatic rings. The maximum atomic E-state index is 12.4. The molecule has 1 aliphatic rings. The smallest absolute Gasteiger partial charge is 0.245 e. The lowest BCUT2D eigenvalue weighted by Crippen LogP contribution is -2.65. The number of hydrogen-bond donors (Lipinski definition) is 1. The second-order valence-electron chi connectivity index (χ2n) is 6.32. The van der Waals surface area contributed by atoms with Crippen LogP contribution in [-0.4, -0.2) is 33.8 Å². The van der Waals surface area contributed by atoms with Gasteiger partial charge in [0.15, 0.2) is 0 Å². The van der Waals surface area contributed by atoms with Gasteiger partial charge in [-0.05, 0) is 30.0 Å². The van der Waals surface area contributed by atoms with Gasteiger partial charge in [0.05, 0.1) is 0 Å². The molecule has 1 aliphatic heterocycles. The molecule has 2 amide bonds. The van der Waals surface area contributed by atoms with Crippen molar-refractivity contribution < 1.29 is 9.59 Å². The number of aromatic nitrogens is 1. The fourth-order valence-electron chi connectivity index (χ4n) is 2.59. The minimum Gasteiger partial charge on any atom is -0.343 e. The van der Waals surface area contributed by atoms with Gasteiger partial charge in [0, 0.05) is 18.9 Å². The van der Waals surface area contributed by atoms with Crippen LogP contribution in [0.2, 0.25) is 0 Å². The molecule has 2 rings (SSSR count). The molecule has 0 spiro atoms. The first-order valence-electron chi connectivity index (χ1n) is 6.80. The SMILES string of the molecule is CC1NC(=O)C(C(C)(C)C)N(Cc2ccncc2)C1=O. The zero-order valence-corrected chi connectivity index (χ0v) is 12.4. The summed E-state index contributed by atoms with van der Waals surface area (Å²) in [7, 11) is 0. The van der Waals surface area contributed by atoms with Crippen molar-refractivity contribution in [3.8, 4) is 0 Å². The van der Waals surface area contributed by atoms with Crippen LogP contribution in [0.3, 0.4) is 0 Å². The summed E-state index contributed by atoms with van der Waals surface area (Å²) in [4.78, 5) is 30.4.